The Labute approximate surface area is 219 Å². The molecule has 2 fully saturated rings. The quantitative estimate of drug-likeness (QED) is 0.319. The van der Waals surface area contributed by atoms with E-state index < -0.39 is 5.60 Å². The molecule has 3 nitrogen and oxygen atoms in total. The number of halogens is 2. The number of methoxy groups -OCH3 is 1. The Kier molecular flexibility index (Phi) is 6.23. The Morgan fingerprint density at radius 1 is 1.16 bits per heavy atom. The minimum atomic E-state index is -0.654. The summed E-state index contributed by atoms with van der Waals surface area (Å²) in [4.78, 5) is 13.0. The molecule has 0 aliphatic heterocycles. The number of Topliss-reactive ketones (excluding diaryl/α,β-unsaturated/α-hetero) is 1. The molecule has 0 N–H and O–H groups in total. The van der Waals surface area contributed by atoms with E-state index in [9.17, 15) is 4.79 Å². The highest BCUT2D eigenvalue weighted by molar-refractivity contribution is 14.1. The van der Waals surface area contributed by atoms with Gasteiger partial charge in [0.15, 0.2) is 5.78 Å². The summed E-state index contributed by atoms with van der Waals surface area (Å²) in [5.41, 5.74) is 6.63. The largest absolute Gasteiger partial charge is 0.370 e. The van der Waals surface area contributed by atoms with Gasteiger partial charge in [0.2, 0.25) is 0 Å². The molecule has 1 aromatic carbocycles. The molecular formula is C27H31I2NO2. The molecule has 0 amide bonds. The minimum absolute atomic E-state index is 0.138. The molecular weight excluding hydrogens is 624 g/mol. The van der Waals surface area contributed by atoms with Crippen LogP contribution in [0.15, 0.2) is 50.3 Å². The highest BCUT2D eigenvalue weighted by atomic mass is 127. The van der Waals surface area contributed by atoms with E-state index in [0.717, 1.165) is 38.5 Å². The molecule has 5 heteroatoms. The summed E-state index contributed by atoms with van der Waals surface area (Å²) < 4.78 is 11.9. The third kappa shape index (κ3) is 3.35. The monoisotopic (exact) mass is 655 g/mol. The van der Waals surface area contributed by atoms with Crippen molar-refractivity contribution in [2.75, 3.05) is 7.11 Å². The Balaban J connectivity index is 1.70. The summed E-state index contributed by atoms with van der Waals surface area (Å²) in [7, 11) is 1.76. The van der Waals surface area contributed by atoms with Crippen molar-refractivity contribution < 1.29 is 9.53 Å². The van der Waals surface area contributed by atoms with Crippen molar-refractivity contribution in [1.82, 2.24) is 0 Å². The number of benzene rings is 1. The van der Waals surface area contributed by atoms with Crippen LogP contribution in [0, 0.1) is 20.8 Å². The molecule has 0 spiro atoms. The van der Waals surface area contributed by atoms with Gasteiger partial charge in [-0.2, -0.15) is 0 Å². The van der Waals surface area contributed by atoms with Gasteiger partial charge in [0.05, 0.1) is 22.9 Å². The van der Waals surface area contributed by atoms with Gasteiger partial charge in [0, 0.05) is 27.7 Å². The zero-order chi connectivity index (χ0) is 22.7. The van der Waals surface area contributed by atoms with E-state index in [1.54, 1.807) is 25.2 Å². The molecule has 2 saturated carbocycles. The number of carbonyl (C=O) groups is 1. The van der Waals surface area contributed by atoms with Crippen LogP contribution in [-0.4, -0.2) is 24.2 Å². The van der Waals surface area contributed by atoms with Gasteiger partial charge < -0.3 is 4.74 Å². The van der Waals surface area contributed by atoms with Crippen molar-refractivity contribution in [3.05, 3.63) is 56.2 Å². The molecule has 0 radical (unpaired) electrons. The third-order valence-electron chi connectivity index (χ3n) is 9.17. The van der Waals surface area contributed by atoms with Crippen LogP contribution in [0.25, 0.3) is 0 Å². The molecule has 0 bridgehead atoms. The van der Waals surface area contributed by atoms with E-state index in [1.807, 2.05) is 0 Å². The van der Waals surface area contributed by atoms with Crippen molar-refractivity contribution in [2.45, 2.75) is 70.3 Å². The fourth-order valence-electron chi connectivity index (χ4n) is 7.78. The zero-order valence-corrected chi connectivity index (χ0v) is 23.4. The lowest BCUT2D eigenvalue weighted by Gasteiger charge is -2.55. The Bertz CT molecular complexity index is 1040. The number of ether oxygens (including phenoxy) is 1. The molecule has 0 aromatic heterocycles. The average Bonchev–Trinajstić information content (AvgIpc) is 3.11. The first kappa shape index (κ1) is 23.2. The molecule has 4 aliphatic rings. The van der Waals surface area contributed by atoms with Gasteiger partial charge >= 0.3 is 0 Å². The zero-order valence-electron chi connectivity index (χ0n) is 19.1. The summed E-state index contributed by atoms with van der Waals surface area (Å²) >= 11 is 4.53. The number of rotatable bonds is 3. The predicted molar refractivity (Wildman–Crippen MR) is 146 cm³/mol. The van der Waals surface area contributed by atoms with Crippen molar-refractivity contribution in [2.24, 2.45) is 20.5 Å². The highest BCUT2D eigenvalue weighted by Crippen LogP contribution is 2.67. The van der Waals surface area contributed by atoms with E-state index >= 15 is 0 Å². The van der Waals surface area contributed by atoms with Gasteiger partial charge in [0.25, 0.3) is 0 Å². The van der Waals surface area contributed by atoms with Gasteiger partial charge in [-0.05, 0) is 121 Å². The molecule has 1 aromatic rings. The van der Waals surface area contributed by atoms with E-state index in [4.69, 9.17) is 4.74 Å². The summed E-state index contributed by atoms with van der Waals surface area (Å²) in [6, 6.07) is 9.09. The van der Waals surface area contributed by atoms with Gasteiger partial charge in [-0.25, -0.2) is 3.21 Å². The number of ketones is 1. The maximum Gasteiger partial charge on any atom is 0.162 e. The number of nitrogens with zero attached hydrogens (tertiary/aromatic N) is 1. The summed E-state index contributed by atoms with van der Waals surface area (Å²) in [6.07, 6.45) is 9.74. The molecule has 0 heterocycles. The smallest absolute Gasteiger partial charge is 0.162 e. The second-order valence-electron chi connectivity index (χ2n) is 10.3. The van der Waals surface area contributed by atoms with Gasteiger partial charge in [0.1, 0.15) is 5.60 Å². The van der Waals surface area contributed by atoms with Crippen molar-refractivity contribution >= 4 is 57.0 Å². The van der Waals surface area contributed by atoms with Crippen molar-refractivity contribution in [3.63, 3.8) is 0 Å². The van der Waals surface area contributed by atoms with Crippen LogP contribution in [0.4, 0.5) is 0 Å². The summed E-state index contributed by atoms with van der Waals surface area (Å²) in [5, 5.41) is 0. The van der Waals surface area contributed by atoms with Crippen LogP contribution < -0.4 is 0 Å². The summed E-state index contributed by atoms with van der Waals surface area (Å²) in [6.45, 7) is 4.11. The standard InChI is InChI=1S/C27H31I2NO2/c1-16(31)27(32-3)13-12-24-22-10-6-18-14-20(30-29)9-11-21(18)25(22)23(15-26(24,27)2)17-4-7-19(28)8-5-17/h4-5,7-8,14,22-24H,6,9-13,15H2,1-3H3/b30-20-/t22?,23-,24?,26+,27+/m1/s1. The number of carbonyl (C=O) groups excluding carboxylic acids is 1. The number of allylic oxidation sites excluding steroid dienone is 4. The second kappa shape index (κ2) is 8.59. The van der Waals surface area contributed by atoms with E-state index in [2.05, 4.69) is 85.9 Å². The van der Waals surface area contributed by atoms with Crippen molar-refractivity contribution in [1.29, 1.82) is 0 Å². The molecule has 0 saturated heterocycles. The van der Waals surface area contributed by atoms with E-state index in [0.29, 0.717) is 17.8 Å². The fraction of sp³-hybridized carbons (Fsp3) is 0.556. The van der Waals surface area contributed by atoms with Crippen LogP contribution in [0.2, 0.25) is 0 Å². The average molecular weight is 655 g/mol. The number of hydrogen-bond acceptors (Lipinski definition) is 3. The molecule has 170 valence electrons. The van der Waals surface area contributed by atoms with Crippen LogP contribution in [0.5, 0.6) is 0 Å². The highest BCUT2D eigenvalue weighted by Gasteiger charge is 2.65. The lowest BCUT2D eigenvalue weighted by atomic mass is 9.50. The van der Waals surface area contributed by atoms with Gasteiger partial charge in [-0.15, -0.1) is 0 Å². The Morgan fingerprint density at radius 3 is 2.56 bits per heavy atom. The number of fused-ring (bicyclic) bond motifs is 4. The molecule has 5 rings (SSSR count). The van der Waals surface area contributed by atoms with E-state index in [-0.39, 0.29) is 11.2 Å². The minimum Gasteiger partial charge on any atom is -0.370 e. The molecule has 32 heavy (non-hydrogen) atoms. The first-order chi connectivity index (χ1) is 15.3. The lowest BCUT2D eigenvalue weighted by molar-refractivity contribution is -0.160. The normalized spacial score (nSPS) is 37.6. The maximum absolute atomic E-state index is 13.0. The Hall–Kier alpha value is -0.540. The predicted octanol–water partition coefficient (Wildman–Crippen LogP) is 7.39. The van der Waals surface area contributed by atoms with E-state index in [1.165, 1.54) is 26.8 Å². The SMILES string of the molecule is CO[C@]1(C(C)=O)CCC2C3CCC4=C/C(=N\I)CCC4=C3[C@@H](c3ccc(I)cc3)C[C@@]21C. The third-order valence-corrected chi connectivity index (χ3v) is 10.5. The first-order valence-corrected chi connectivity index (χ1v) is 13.8. The topological polar surface area (TPSA) is 38.7 Å². The van der Waals surface area contributed by atoms with Gasteiger partial charge in [-0.3, -0.25) is 4.79 Å². The summed E-state index contributed by atoms with van der Waals surface area (Å²) in [5.74, 6) is 1.61. The van der Waals surface area contributed by atoms with Crippen LogP contribution in [0.1, 0.15) is 70.3 Å². The van der Waals surface area contributed by atoms with Gasteiger partial charge in [-0.1, -0.05) is 24.6 Å². The number of hydrogen-bond donors (Lipinski definition) is 0. The Morgan fingerprint density at radius 2 is 1.91 bits per heavy atom. The first-order valence-electron chi connectivity index (χ1n) is 11.8. The van der Waals surface area contributed by atoms with Crippen LogP contribution in [-0.2, 0) is 9.53 Å². The van der Waals surface area contributed by atoms with Crippen LogP contribution >= 0.6 is 45.5 Å². The van der Waals surface area contributed by atoms with Crippen molar-refractivity contribution in [3.8, 4) is 0 Å². The molecule has 5 atom stereocenters. The lowest BCUT2D eigenvalue weighted by Crippen LogP contribution is -2.56. The molecule has 2 unspecified atom stereocenters. The maximum atomic E-state index is 13.0. The fourth-order valence-corrected chi connectivity index (χ4v) is 8.52. The van der Waals surface area contributed by atoms with Crippen LogP contribution in [0.3, 0.4) is 0 Å². The second-order valence-corrected chi connectivity index (χ2v) is 12.0. The molecule has 4 aliphatic carbocycles.